The van der Waals surface area contributed by atoms with E-state index in [0.717, 1.165) is 55.0 Å². The molecule has 0 amide bonds. The first-order valence-corrected chi connectivity index (χ1v) is 10.6. The molecule has 0 N–H and O–H groups in total. The number of halogens is 1. The van der Waals surface area contributed by atoms with Crippen LogP contribution in [0.4, 0.5) is 0 Å². The maximum atomic E-state index is 6.43. The molecule has 7 rings (SSSR count). The van der Waals surface area contributed by atoms with Gasteiger partial charge in [-0.05, 0) is 29.0 Å². The Kier molecular flexibility index (Phi) is 3.36. The van der Waals surface area contributed by atoms with Gasteiger partial charge in [-0.2, -0.15) is 0 Å². The van der Waals surface area contributed by atoms with Crippen molar-refractivity contribution in [3.63, 3.8) is 0 Å². The van der Waals surface area contributed by atoms with Gasteiger partial charge in [0.1, 0.15) is 16.7 Å². The van der Waals surface area contributed by atoms with Crippen LogP contribution in [0.1, 0.15) is 0 Å². The van der Waals surface area contributed by atoms with E-state index in [0.29, 0.717) is 5.02 Å². The third-order valence-electron chi connectivity index (χ3n) is 6.13. The number of fused-ring (bicyclic) bond motifs is 7. The Bertz CT molecular complexity index is 1800. The molecule has 2 aromatic heterocycles. The smallest absolute Gasteiger partial charge is 0.154 e. The zero-order valence-corrected chi connectivity index (χ0v) is 17.1. The summed E-state index contributed by atoms with van der Waals surface area (Å²) < 4.78 is 12.7. The number of para-hydroxylation sites is 3. The molecule has 5 aromatic carbocycles. The zero-order valence-electron chi connectivity index (χ0n) is 16.4. The second-order valence-corrected chi connectivity index (χ2v) is 8.29. The minimum absolute atomic E-state index is 0.619. The van der Waals surface area contributed by atoms with Crippen molar-refractivity contribution in [2.24, 2.45) is 0 Å². The molecule has 0 saturated carbocycles. The van der Waals surface area contributed by atoms with Gasteiger partial charge < -0.3 is 8.83 Å². The molecule has 0 bridgehead atoms. The first-order valence-electron chi connectivity index (χ1n) is 10.2. The Morgan fingerprint density at radius 2 is 1.06 bits per heavy atom. The molecule has 146 valence electrons. The van der Waals surface area contributed by atoms with E-state index in [1.165, 1.54) is 10.8 Å². The minimum atomic E-state index is 0.619. The second-order valence-electron chi connectivity index (χ2n) is 7.88. The minimum Gasteiger partial charge on any atom is -0.455 e. The van der Waals surface area contributed by atoms with Gasteiger partial charge in [-0.25, -0.2) is 0 Å². The third-order valence-corrected chi connectivity index (χ3v) is 6.43. The Morgan fingerprint density at radius 3 is 1.81 bits per heavy atom. The predicted molar refractivity (Wildman–Crippen MR) is 129 cm³/mol. The van der Waals surface area contributed by atoms with Crippen molar-refractivity contribution in [3.8, 4) is 11.1 Å². The fraction of sp³-hybridized carbons (Fsp3) is 0. The van der Waals surface area contributed by atoms with Crippen molar-refractivity contribution >= 4 is 66.3 Å². The highest BCUT2D eigenvalue weighted by molar-refractivity contribution is 6.36. The summed E-state index contributed by atoms with van der Waals surface area (Å²) in [5.41, 5.74) is 5.31. The zero-order chi connectivity index (χ0) is 20.5. The second kappa shape index (κ2) is 6.13. The number of benzene rings is 5. The molecule has 0 aliphatic heterocycles. The van der Waals surface area contributed by atoms with E-state index in [9.17, 15) is 0 Å². The van der Waals surface area contributed by atoms with Crippen LogP contribution in [0.2, 0.25) is 5.02 Å². The van der Waals surface area contributed by atoms with Crippen LogP contribution in [0.15, 0.2) is 99.8 Å². The molecule has 0 aliphatic carbocycles. The largest absolute Gasteiger partial charge is 0.455 e. The van der Waals surface area contributed by atoms with Crippen LogP contribution in [-0.4, -0.2) is 0 Å². The first-order chi connectivity index (χ1) is 15.3. The van der Waals surface area contributed by atoms with Crippen LogP contribution >= 0.6 is 11.6 Å². The molecule has 0 fully saturated rings. The van der Waals surface area contributed by atoms with Crippen molar-refractivity contribution in [1.29, 1.82) is 0 Å². The molecule has 2 nitrogen and oxygen atoms in total. The van der Waals surface area contributed by atoms with Gasteiger partial charge in [0.25, 0.3) is 0 Å². The molecule has 0 spiro atoms. The lowest BCUT2D eigenvalue weighted by Crippen LogP contribution is -1.80. The third kappa shape index (κ3) is 2.34. The molecule has 3 heteroatoms. The molecule has 0 saturated heterocycles. The van der Waals surface area contributed by atoms with Crippen LogP contribution in [0.25, 0.3) is 65.8 Å². The molecule has 0 radical (unpaired) electrons. The van der Waals surface area contributed by atoms with Gasteiger partial charge in [-0.1, -0.05) is 84.4 Å². The molecule has 2 heterocycles. The number of rotatable bonds is 1. The summed E-state index contributed by atoms with van der Waals surface area (Å²) in [6, 6.07) is 31.1. The van der Waals surface area contributed by atoms with Gasteiger partial charge in [0.05, 0.1) is 5.02 Å². The molecule has 0 atom stereocenters. The fourth-order valence-electron chi connectivity index (χ4n) is 4.69. The van der Waals surface area contributed by atoms with Crippen LogP contribution in [0, 0.1) is 0 Å². The van der Waals surface area contributed by atoms with Gasteiger partial charge in [0, 0.05) is 32.7 Å². The van der Waals surface area contributed by atoms with Gasteiger partial charge in [-0.3, -0.25) is 0 Å². The topological polar surface area (TPSA) is 26.3 Å². The van der Waals surface area contributed by atoms with E-state index in [-0.39, 0.29) is 0 Å². The number of hydrogen-bond acceptors (Lipinski definition) is 2. The van der Waals surface area contributed by atoms with E-state index in [1.54, 1.807) is 0 Å². The molecule has 31 heavy (non-hydrogen) atoms. The summed E-state index contributed by atoms with van der Waals surface area (Å²) in [4.78, 5) is 0. The summed E-state index contributed by atoms with van der Waals surface area (Å²) in [5, 5.41) is 7.29. The number of furan rings is 2. The first kappa shape index (κ1) is 17.0. The lowest BCUT2D eigenvalue weighted by atomic mass is 9.99. The quantitative estimate of drug-likeness (QED) is 0.266. The summed E-state index contributed by atoms with van der Waals surface area (Å²) in [6.45, 7) is 0. The fourth-order valence-corrected chi connectivity index (χ4v) is 4.91. The Balaban J connectivity index is 1.59. The van der Waals surface area contributed by atoms with Crippen molar-refractivity contribution in [3.05, 3.63) is 96.0 Å². The highest BCUT2D eigenvalue weighted by Gasteiger charge is 2.18. The number of hydrogen-bond donors (Lipinski definition) is 0. The molecule has 0 unspecified atom stereocenters. The lowest BCUT2D eigenvalue weighted by molar-refractivity contribution is 0.665. The predicted octanol–water partition coefficient (Wildman–Crippen LogP) is 8.96. The van der Waals surface area contributed by atoms with E-state index >= 15 is 0 Å². The van der Waals surface area contributed by atoms with Crippen LogP contribution in [0.5, 0.6) is 0 Å². The summed E-state index contributed by atoms with van der Waals surface area (Å²) in [7, 11) is 0. The van der Waals surface area contributed by atoms with Crippen molar-refractivity contribution in [1.82, 2.24) is 0 Å². The Hall–Kier alpha value is -3.75. The molecule has 7 aromatic rings. The van der Waals surface area contributed by atoms with E-state index in [2.05, 4.69) is 72.8 Å². The summed E-state index contributed by atoms with van der Waals surface area (Å²) in [5.74, 6) is 0. The van der Waals surface area contributed by atoms with Gasteiger partial charge in [0.15, 0.2) is 5.58 Å². The monoisotopic (exact) mass is 418 g/mol. The van der Waals surface area contributed by atoms with E-state index in [1.807, 2.05) is 18.2 Å². The Morgan fingerprint density at radius 1 is 0.484 bits per heavy atom. The van der Waals surface area contributed by atoms with Gasteiger partial charge in [-0.15, -0.1) is 0 Å². The average molecular weight is 419 g/mol. The Labute approximate surface area is 182 Å². The van der Waals surface area contributed by atoms with Crippen molar-refractivity contribution in [2.75, 3.05) is 0 Å². The summed E-state index contributed by atoms with van der Waals surface area (Å²) in [6.07, 6.45) is 0. The standard InChI is InChI=1S/C28H15ClO2/c29-24-13-5-12-21-20-10-3-9-19(27(20)31-28(21)24)18-8-4-11-22-23-14-16-6-1-2-7-17(16)15-25(23)30-26(18)22/h1-15H. The van der Waals surface area contributed by atoms with Crippen molar-refractivity contribution < 1.29 is 8.83 Å². The van der Waals surface area contributed by atoms with E-state index in [4.69, 9.17) is 20.4 Å². The maximum absolute atomic E-state index is 6.43. The SMILES string of the molecule is Clc1cccc2c1oc1c(-c3cccc4c3oc3cc5ccccc5cc34)cccc12. The maximum Gasteiger partial charge on any atom is 0.154 e. The molecular formula is C28H15ClO2. The lowest BCUT2D eigenvalue weighted by Gasteiger charge is -2.03. The van der Waals surface area contributed by atoms with Crippen molar-refractivity contribution in [2.45, 2.75) is 0 Å². The molecular weight excluding hydrogens is 404 g/mol. The average Bonchev–Trinajstić information content (AvgIpc) is 3.36. The highest BCUT2D eigenvalue weighted by atomic mass is 35.5. The summed E-state index contributed by atoms with van der Waals surface area (Å²) >= 11 is 6.41. The van der Waals surface area contributed by atoms with Crippen LogP contribution in [-0.2, 0) is 0 Å². The van der Waals surface area contributed by atoms with Crippen LogP contribution < -0.4 is 0 Å². The highest BCUT2D eigenvalue weighted by Crippen LogP contribution is 2.42. The van der Waals surface area contributed by atoms with Gasteiger partial charge >= 0.3 is 0 Å². The normalized spacial score (nSPS) is 12.0. The molecule has 0 aliphatic rings. The van der Waals surface area contributed by atoms with Gasteiger partial charge in [0.2, 0.25) is 0 Å². The van der Waals surface area contributed by atoms with Crippen LogP contribution in [0.3, 0.4) is 0 Å². The van der Waals surface area contributed by atoms with E-state index < -0.39 is 0 Å².